The fourth-order valence-electron chi connectivity index (χ4n) is 1.92. The molecule has 0 fully saturated rings. The van der Waals surface area contributed by atoms with Crippen LogP contribution >= 0.6 is 11.8 Å². The monoisotopic (exact) mass is 385 g/mol. The van der Waals surface area contributed by atoms with E-state index in [-0.39, 0.29) is 41.5 Å². The molecule has 0 saturated heterocycles. The molecule has 0 aromatic rings. The Kier molecular flexibility index (Phi) is 8.65. The van der Waals surface area contributed by atoms with Crippen molar-refractivity contribution in [3.8, 4) is 0 Å². The minimum absolute atomic E-state index is 0.0677. The SMILES string of the molecule is N[C@H](C=O)CCC(=O)N[C@@H](CSC1=CC(=O)CC1=O)C(=O)NCC(=O)O. The van der Waals surface area contributed by atoms with Crippen LogP contribution in [-0.2, 0) is 28.8 Å². The molecule has 0 unspecified atom stereocenters. The Morgan fingerprint density at radius 2 is 2.04 bits per heavy atom. The van der Waals surface area contributed by atoms with Gasteiger partial charge in [0.25, 0.3) is 0 Å². The maximum atomic E-state index is 12.1. The molecule has 10 nitrogen and oxygen atoms in total. The van der Waals surface area contributed by atoms with E-state index in [9.17, 15) is 28.8 Å². The summed E-state index contributed by atoms with van der Waals surface area (Å²) in [5.41, 5.74) is 5.39. The Bertz CT molecular complexity index is 647. The van der Waals surface area contributed by atoms with E-state index in [2.05, 4.69) is 10.6 Å². The molecular formula is C15H19N3O7S. The lowest BCUT2D eigenvalue weighted by Crippen LogP contribution is -2.49. The van der Waals surface area contributed by atoms with E-state index in [0.717, 1.165) is 11.8 Å². The fraction of sp³-hybridized carbons (Fsp3) is 0.467. The van der Waals surface area contributed by atoms with Crippen LogP contribution in [0.4, 0.5) is 0 Å². The number of carbonyl (C=O) groups excluding carboxylic acids is 5. The van der Waals surface area contributed by atoms with Crippen molar-refractivity contribution in [2.45, 2.75) is 31.3 Å². The second-order valence-electron chi connectivity index (χ2n) is 5.46. The van der Waals surface area contributed by atoms with Crippen molar-refractivity contribution in [1.29, 1.82) is 0 Å². The summed E-state index contributed by atoms with van der Waals surface area (Å²) in [6.45, 7) is -0.633. The molecule has 1 aliphatic rings. The molecule has 2 atom stereocenters. The maximum Gasteiger partial charge on any atom is 0.322 e. The van der Waals surface area contributed by atoms with Crippen LogP contribution in [0.2, 0.25) is 0 Å². The van der Waals surface area contributed by atoms with Crippen molar-refractivity contribution >= 4 is 47.4 Å². The number of nitrogens with two attached hydrogens (primary N) is 1. The molecule has 0 saturated carbocycles. The highest BCUT2D eigenvalue weighted by Crippen LogP contribution is 2.24. The molecule has 5 N–H and O–H groups in total. The Hall–Kier alpha value is -2.53. The maximum absolute atomic E-state index is 12.1. The Labute approximate surface area is 152 Å². The van der Waals surface area contributed by atoms with E-state index in [1.165, 1.54) is 6.08 Å². The Morgan fingerprint density at radius 3 is 2.58 bits per heavy atom. The van der Waals surface area contributed by atoms with Gasteiger partial charge in [0.15, 0.2) is 11.6 Å². The van der Waals surface area contributed by atoms with E-state index in [1.54, 1.807) is 0 Å². The summed E-state index contributed by atoms with van der Waals surface area (Å²) >= 11 is 0.924. The van der Waals surface area contributed by atoms with Crippen molar-refractivity contribution in [2.24, 2.45) is 5.73 Å². The minimum atomic E-state index is -1.26. The highest BCUT2D eigenvalue weighted by Gasteiger charge is 2.26. The van der Waals surface area contributed by atoms with Crippen LogP contribution in [0, 0.1) is 0 Å². The van der Waals surface area contributed by atoms with Crippen molar-refractivity contribution in [2.75, 3.05) is 12.3 Å². The molecule has 0 spiro atoms. The molecule has 0 heterocycles. The summed E-state index contributed by atoms with van der Waals surface area (Å²) < 4.78 is 0. The molecule has 0 aliphatic heterocycles. The van der Waals surface area contributed by atoms with E-state index >= 15 is 0 Å². The highest BCUT2D eigenvalue weighted by atomic mass is 32.2. The lowest BCUT2D eigenvalue weighted by atomic mass is 10.2. The van der Waals surface area contributed by atoms with Crippen LogP contribution in [0.5, 0.6) is 0 Å². The van der Waals surface area contributed by atoms with Gasteiger partial charge in [-0.1, -0.05) is 0 Å². The summed E-state index contributed by atoms with van der Waals surface area (Å²) in [6, 6.07) is -1.93. The number of ketones is 2. The van der Waals surface area contributed by atoms with Crippen molar-refractivity contribution < 1.29 is 33.9 Å². The first-order valence-electron chi connectivity index (χ1n) is 7.63. The lowest BCUT2D eigenvalue weighted by Gasteiger charge is -2.18. The lowest BCUT2D eigenvalue weighted by molar-refractivity contribution is -0.138. The number of allylic oxidation sites excluding steroid dienone is 2. The standard InChI is InChI=1S/C15H19N3O7S/c16-8(6-19)1-2-13(22)18-10(15(25)17-5-14(23)24)7-26-12-4-9(20)3-11(12)21/h4,6,8,10H,1-3,5,7,16H2,(H,17,25)(H,18,22)(H,23,24)/t8-,10-/m0/s1. The van der Waals surface area contributed by atoms with Gasteiger partial charge in [-0.05, 0) is 12.5 Å². The van der Waals surface area contributed by atoms with Gasteiger partial charge in [0.2, 0.25) is 11.8 Å². The first kappa shape index (κ1) is 21.5. The average Bonchev–Trinajstić information content (AvgIpc) is 2.91. The number of carboxylic acid groups (broad SMARTS) is 1. The van der Waals surface area contributed by atoms with E-state index in [0.29, 0.717) is 6.29 Å². The zero-order valence-corrected chi connectivity index (χ0v) is 14.5. The van der Waals surface area contributed by atoms with Gasteiger partial charge in [0, 0.05) is 12.2 Å². The first-order chi connectivity index (χ1) is 12.2. The number of nitrogens with one attached hydrogen (secondary N) is 2. The quantitative estimate of drug-likeness (QED) is 0.235. The van der Waals surface area contributed by atoms with E-state index < -0.39 is 36.4 Å². The molecule has 26 heavy (non-hydrogen) atoms. The predicted octanol–water partition coefficient (Wildman–Crippen LogP) is -1.86. The van der Waals surface area contributed by atoms with Gasteiger partial charge >= 0.3 is 5.97 Å². The van der Waals surface area contributed by atoms with E-state index in [4.69, 9.17) is 10.8 Å². The third-order valence-corrected chi connectivity index (χ3v) is 4.41. The van der Waals surface area contributed by atoms with Gasteiger partial charge in [-0.2, -0.15) is 0 Å². The molecule has 11 heteroatoms. The second-order valence-corrected chi connectivity index (χ2v) is 6.52. The van der Waals surface area contributed by atoms with Crippen LogP contribution in [0.25, 0.3) is 0 Å². The van der Waals surface area contributed by atoms with Crippen LogP contribution in [0.3, 0.4) is 0 Å². The normalized spacial score (nSPS) is 15.8. The molecule has 0 bridgehead atoms. The molecule has 1 rings (SSSR count). The summed E-state index contributed by atoms with van der Waals surface area (Å²) in [5.74, 6) is -3.33. The van der Waals surface area contributed by atoms with Crippen molar-refractivity contribution in [1.82, 2.24) is 10.6 Å². The van der Waals surface area contributed by atoms with Crippen LogP contribution in [0.15, 0.2) is 11.0 Å². The van der Waals surface area contributed by atoms with Gasteiger partial charge in [-0.3, -0.25) is 24.0 Å². The number of Topliss-reactive ketones (excluding diaryl/α,β-unsaturated/α-hetero) is 1. The third kappa shape index (κ3) is 7.57. The third-order valence-electron chi connectivity index (χ3n) is 3.25. The number of carboxylic acids is 1. The van der Waals surface area contributed by atoms with E-state index in [1.807, 2.05) is 0 Å². The van der Waals surface area contributed by atoms with Gasteiger partial charge in [0.05, 0.1) is 17.4 Å². The Morgan fingerprint density at radius 1 is 1.35 bits per heavy atom. The number of hydrogen-bond acceptors (Lipinski definition) is 8. The molecule has 0 radical (unpaired) electrons. The Balaban J connectivity index is 2.67. The number of hydrogen-bond donors (Lipinski definition) is 4. The summed E-state index contributed by atoms with van der Waals surface area (Å²) in [4.78, 5) is 68.0. The summed E-state index contributed by atoms with van der Waals surface area (Å²) in [5, 5.41) is 13.2. The minimum Gasteiger partial charge on any atom is -0.480 e. The van der Waals surface area contributed by atoms with Gasteiger partial charge in [-0.25, -0.2) is 0 Å². The number of carbonyl (C=O) groups is 6. The second kappa shape index (κ2) is 10.5. The van der Waals surface area contributed by atoms with Gasteiger partial charge in [-0.15, -0.1) is 11.8 Å². The number of rotatable bonds is 11. The topological polar surface area (TPSA) is 173 Å². The average molecular weight is 385 g/mol. The summed E-state index contributed by atoms with van der Waals surface area (Å²) in [6.07, 6.45) is 1.42. The van der Waals surface area contributed by atoms with Gasteiger partial charge in [0.1, 0.15) is 18.9 Å². The highest BCUT2D eigenvalue weighted by molar-refractivity contribution is 8.04. The first-order valence-corrected chi connectivity index (χ1v) is 8.61. The predicted molar refractivity (Wildman–Crippen MR) is 91.0 cm³/mol. The van der Waals surface area contributed by atoms with Crippen molar-refractivity contribution in [3.63, 3.8) is 0 Å². The number of aldehydes is 1. The molecule has 1 aliphatic carbocycles. The molecular weight excluding hydrogens is 366 g/mol. The zero-order valence-electron chi connectivity index (χ0n) is 13.7. The smallest absolute Gasteiger partial charge is 0.322 e. The van der Waals surface area contributed by atoms with Crippen molar-refractivity contribution in [3.05, 3.63) is 11.0 Å². The number of aliphatic carboxylic acids is 1. The zero-order chi connectivity index (χ0) is 19.7. The number of amides is 2. The van der Waals surface area contributed by atoms with Crippen LogP contribution in [0.1, 0.15) is 19.3 Å². The van der Waals surface area contributed by atoms with Crippen LogP contribution in [-0.4, -0.2) is 65.1 Å². The molecule has 0 aromatic carbocycles. The molecule has 0 aromatic heterocycles. The van der Waals surface area contributed by atoms with Crippen LogP contribution < -0.4 is 16.4 Å². The van der Waals surface area contributed by atoms with Gasteiger partial charge < -0.3 is 26.3 Å². The molecule has 142 valence electrons. The molecule has 2 amide bonds. The number of thioether (sulfide) groups is 1. The summed E-state index contributed by atoms with van der Waals surface area (Å²) in [7, 11) is 0. The largest absolute Gasteiger partial charge is 0.480 e. The fourth-order valence-corrected chi connectivity index (χ4v) is 2.95.